The topological polar surface area (TPSA) is 94.6 Å². The zero-order valence-corrected chi connectivity index (χ0v) is 14.1. The second-order valence-corrected chi connectivity index (χ2v) is 7.42. The Morgan fingerprint density at radius 3 is 2.57 bits per heavy atom. The Morgan fingerprint density at radius 2 is 1.96 bits per heavy atom. The van der Waals surface area contributed by atoms with Crippen LogP contribution in [0.25, 0.3) is 0 Å². The van der Waals surface area contributed by atoms with Crippen LogP contribution >= 0.6 is 0 Å². The minimum Gasteiger partial charge on any atom is -0.337 e. The molecule has 0 aromatic carbocycles. The number of rotatable bonds is 6. The van der Waals surface area contributed by atoms with E-state index in [1.165, 1.54) is 10.6 Å². The van der Waals surface area contributed by atoms with Gasteiger partial charge >= 0.3 is 6.03 Å². The van der Waals surface area contributed by atoms with Gasteiger partial charge in [-0.15, -0.1) is 0 Å². The highest BCUT2D eigenvalue weighted by Crippen LogP contribution is 2.05. The van der Waals surface area contributed by atoms with E-state index in [1.54, 1.807) is 6.20 Å². The summed E-state index contributed by atoms with van der Waals surface area (Å²) in [6.45, 7) is 3.99. The second-order valence-electron chi connectivity index (χ2n) is 5.43. The van der Waals surface area contributed by atoms with E-state index in [1.807, 2.05) is 18.2 Å². The maximum absolute atomic E-state index is 11.7. The van der Waals surface area contributed by atoms with Crippen LogP contribution in [0.5, 0.6) is 0 Å². The molecule has 0 unspecified atom stereocenters. The van der Waals surface area contributed by atoms with E-state index in [2.05, 4.69) is 20.5 Å². The van der Waals surface area contributed by atoms with Gasteiger partial charge in [0.2, 0.25) is 10.0 Å². The van der Waals surface area contributed by atoms with E-state index < -0.39 is 10.0 Å². The van der Waals surface area contributed by atoms with Gasteiger partial charge in [-0.25, -0.2) is 13.2 Å². The van der Waals surface area contributed by atoms with Crippen molar-refractivity contribution in [3.8, 4) is 0 Å². The van der Waals surface area contributed by atoms with Gasteiger partial charge in [-0.2, -0.15) is 4.31 Å². The molecule has 1 aliphatic rings. The number of urea groups is 1. The lowest BCUT2D eigenvalue weighted by Gasteiger charge is -2.33. The number of carbonyl (C=O) groups is 1. The van der Waals surface area contributed by atoms with Crippen molar-refractivity contribution in [3.05, 3.63) is 30.1 Å². The molecule has 9 heteroatoms. The number of piperazine rings is 1. The smallest absolute Gasteiger partial charge is 0.315 e. The van der Waals surface area contributed by atoms with Gasteiger partial charge in [0.15, 0.2) is 0 Å². The monoisotopic (exact) mass is 341 g/mol. The number of nitrogens with one attached hydrogen (secondary N) is 2. The lowest BCUT2D eigenvalue weighted by Crippen LogP contribution is -2.50. The van der Waals surface area contributed by atoms with Gasteiger partial charge in [-0.05, 0) is 12.1 Å². The predicted molar refractivity (Wildman–Crippen MR) is 87.3 cm³/mol. The van der Waals surface area contributed by atoms with Gasteiger partial charge in [-0.1, -0.05) is 6.07 Å². The lowest BCUT2D eigenvalue weighted by molar-refractivity contribution is 0.188. The maximum atomic E-state index is 11.7. The van der Waals surface area contributed by atoms with Crippen molar-refractivity contribution in [1.82, 2.24) is 24.8 Å². The van der Waals surface area contributed by atoms with Crippen LogP contribution in [0.1, 0.15) is 5.69 Å². The predicted octanol–water partition coefficient (Wildman–Crippen LogP) is -0.542. The van der Waals surface area contributed by atoms with Crippen LogP contribution < -0.4 is 10.6 Å². The van der Waals surface area contributed by atoms with Crippen molar-refractivity contribution in [2.75, 3.05) is 45.5 Å². The van der Waals surface area contributed by atoms with Crippen LogP contribution in [0.3, 0.4) is 0 Å². The Kier molecular flexibility index (Phi) is 6.31. The highest BCUT2D eigenvalue weighted by molar-refractivity contribution is 7.88. The third kappa shape index (κ3) is 6.12. The molecule has 0 bridgehead atoms. The number of amides is 2. The van der Waals surface area contributed by atoms with Gasteiger partial charge in [0.05, 0.1) is 18.5 Å². The molecule has 128 valence electrons. The molecule has 0 saturated carbocycles. The fourth-order valence-corrected chi connectivity index (χ4v) is 3.17. The van der Waals surface area contributed by atoms with Crippen molar-refractivity contribution in [2.45, 2.75) is 6.54 Å². The fraction of sp³-hybridized carbons (Fsp3) is 0.571. The number of hydrogen-bond donors (Lipinski definition) is 2. The average molecular weight is 341 g/mol. The van der Waals surface area contributed by atoms with Crippen molar-refractivity contribution >= 4 is 16.1 Å². The van der Waals surface area contributed by atoms with E-state index in [4.69, 9.17) is 0 Å². The highest BCUT2D eigenvalue weighted by atomic mass is 32.2. The molecule has 8 nitrogen and oxygen atoms in total. The van der Waals surface area contributed by atoms with Crippen LogP contribution in [0.2, 0.25) is 0 Å². The van der Waals surface area contributed by atoms with E-state index in [0.717, 1.165) is 5.69 Å². The normalized spacial score (nSPS) is 16.9. The summed E-state index contributed by atoms with van der Waals surface area (Å²) in [6.07, 6.45) is 2.92. The summed E-state index contributed by atoms with van der Waals surface area (Å²) < 4.78 is 24.3. The molecule has 23 heavy (non-hydrogen) atoms. The summed E-state index contributed by atoms with van der Waals surface area (Å²) in [4.78, 5) is 18.0. The molecule has 1 aliphatic heterocycles. The van der Waals surface area contributed by atoms with Crippen molar-refractivity contribution in [3.63, 3.8) is 0 Å². The Balaban J connectivity index is 1.59. The molecule has 1 aromatic heterocycles. The summed E-state index contributed by atoms with van der Waals surface area (Å²) in [5, 5.41) is 5.54. The first-order valence-electron chi connectivity index (χ1n) is 7.54. The molecule has 2 rings (SSSR count). The molecule has 1 aromatic rings. The average Bonchev–Trinajstić information content (AvgIpc) is 2.53. The Hall–Kier alpha value is -1.71. The zero-order valence-electron chi connectivity index (χ0n) is 13.2. The van der Waals surface area contributed by atoms with Crippen LogP contribution in [0.4, 0.5) is 4.79 Å². The third-order valence-corrected chi connectivity index (χ3v) is 4.97. The summed E-state index contributed by atoms with van der Waals surface area (Å²) >= 11 is 0. The molecule has 1 fully saturated rings. The third-order valence-electron chi connectivity index (χ3n) is 3.67. The SMILES string of the molecule is CS(=O)(=O)N1CCN(CCNC(=O)NCc2ccccn2)CC1. The molecule has 2 heterocycles. The van der Waals surface area contributed by atoms with Crippen LogP contribution in [-0.2, 0) is 16.6 Å². The molecule has 2 N–H and O–H groups in total. The first kappa shape index (κ1) is 17.6. The van der Waals surface area contributed by atoms with E-state index in [-0.39, 0.29) is 6.03 Å². The fourth-order valence-electron chi connectivity index (χ4n) is 2.35. The molecule has 0 spiro atoms. The van der Waals surface area contributed by atoms with Gasteiger partial charge in [0.1, 0.15) is 0 Å². The molecular formula is C14H23N5O3S. The number of hydrogen-bond acceptors (Lipinski definition) is 5. The van der Waals surface area contributed by atoms with Crippen LogP contribution in [-0.4, -0.2) is 74.2 Å². The van der Waals surface area contributed by atoms with E-state index >= 15 is 0 Å². The van der Waals surface area contributed by atoms with E-state index in [0.29, 0.717) is 45.8 Å². The largest absolute Gasteiger partial charge is 0.337 e. The summed E-state index contributed by atoms with van der Waals surface area (Å²) in [7, 11) is -3.10. The van der Waals surface area contributed by atoms with Crippen LogP contribution in [0, 0.1) is 0 Å². The molecule has 0 aliphatic carbocycles. The molecule has 0 atom stereocenters. The van der Waals surface area contributed by atoms with Gasteiger partial charge < -0.3 is 10.6 Å². The quantitative estimate of drug-likeness (QED) is 0.725. The Bertz CT molecular complexity index is 600. The van der Waals surface area contributed by atoms with Crippen molar-refractivity contribution in [1.29, 1.82) is 0 Å². The van der Waals surface area contributed by atoms with E-state index in [9.17, 15) is 13.2 Å². The first-order chi connectivity index (χ1) is 10.9. The number of sulfonamides is 1. The first-order valence-corrected chi connectivity index (χ1v) is 9.39. The summed E-state index contributed by atoms with van der Waals surface area (Å²) in [6, 6.07) is 5.32. The number of pyridine rings is 1. The number of aromatic nitrogens is 1. The molecule has 1 saturated heterocycles. The summed E-state index contributed by atoms with van der Waals surface area (Å²) in [5.41, 5.74) is 0.805. The van der Waals surface area contributed by atoms with Crippen molar-refractivity contribution < 1.29 is 13.2 Å². The van der Waals surface area contributed by atoms with Gasteiger partial charge in [0.25, 0.3) is 0 Å². The molecule has 0 radical (unpaired) electrons. The minimum absolute atomic E-state index is 0.231. The van der Waals surface area contributed by atoms with Crippen molar-refractivity contribution in [2.24, 2.45) is 0 Å². The Labute approximate surface area is 136 Å². The highest BCUT2D eigenvalue weighted by Gasteiger charge is 2.22. The van der Waals surface area contributed by atoms with Crippen LogP contribution in [0.15, 0.2) is 24.4 Å². The maximum Gasteiger partial charge on any atom is 0.315 e. The van der Waals surface area contributed by atoms with Gasteiger partial charge in [0, 0.05) is 45.5 Å². The Morgan fingerprint density at radius 1 is 1.22 bits per heavy atom. The number of carbonyl (C=O) groups excluding carboxylic acids is 1. The zero-order chi connectivity index (χ0) is 16.7. The second kappa shape index (κ2) is 8.23. The molecule has 2 amide bonds. The van der Waals surface area contributed by atoms with Gasteiger partial charge in [-0.3, -0.25) is 9.88 Å². The minimum atomic E-state index is -3.10. The standard InChI is InChI=1S/C14H23N5O3S/c1-23(21,22)19-10-8-18(9-11-19)7-6-16-14(20)17-12-13-4-2-3-5-15-13/h2-5H,6-12H2,1H3,(H2,16,17,20). The summed E-state index contributed by atoms with van der Waals surface area (Å²) in [5.74, 6) is 0. The number of nitrogens with zero attached hydrogens (tertiary/aromatic N) is 3. The lowest BCUT2D eigenvalue weighted by atomic mass is 10.3. The molecular weight excluding hydrogens is 318 g/mol.